The second-order valence-corrected chi connectivity index (χ2v) is 4.97. The lowest BCUT2D eigenvalue weighted by Gasteiger charge is -2.13. The zero-order chi connectivity index (χ0) is 14.5. The number of nitrogens with two attached hydrogens (primary N) is 1. The molecule has 0 aliphatic carbocycles. The number of hydrogen-bond acceptors (Lipinski definition) is 2. The molecule has 20 heavy (non-hydrogen) atoms. The van der Waals surface area contributed by atoms with Gasteiger partial charge < -0.3 is 10.5 Å². The van der Waals surface area contributed by atoms with E-state index in [9.17, 15) is 4.39 Å². The van der Waals surface area contributed by atoms with Crippen LogP contribution >= 0.6 is 11.6 Å². The minimum absolute atomic E-state index is 0.126. The van der Waals surface area contributed by atoms with Gasteiger partial charge in [0.25, 0.3) is 0 Å². The fraction of sp³-hybridized carbons (Fsp3) is 0.250. The molecule has 2 nitrogen and oxygen atoms in total. The van der Waals surface area contributed by atoms with E-state index in [0.717, 1.165) is 16.9 Å². The van der Waals surface area contributed by atoms with Crippen molar-refractivity contribution in [2.75, 3.05) is 6.61 Å². The summed E-state index contributed by atoms with van der Waals surface area (Å²) < 4.78 is 18.5. The van der Waals surface area contributed by atoms with Gasteiger partial charge >= 0.3 is 0 Å². The van der Waals surface area contributed by atoms with E-state index in [0.29, 0.717) is 13.0 Å². The Hall–Kier alpha value is -1.58. The zero-order valence-corrected chi connectivity index (χ0v) is 12.0. The van der Waals surface area contributed by atoms with Crippen LogP contribution in [0.25, 0.3) is 0 Å². The highest BCUT2D eigenvalue weighted by Gasteiger charge is 2.09. The zero-order valence-electron chi connectivity index (χ0n) is 11.3. The molecule has 0 aromatic heterocycles. The van der Waals surface area contributed by atoms with E-state index in [4.69, 9.17) is 22.1 Å². The smallest absolute Gasteiger partial charge is 0.141 e. The quantitative estimate of drug-likeness (QED) is 0.900. The van der Waals surface area contributed by atoms with Crippen LogP contribution in [-0.4, -0.2) is 6.61 Å². The van der Waals surface area contributed by atoms with Gasteiger partial charge in [-0.15, -0.1) is 0 Å². The molecule has 0 bridgehead atoms. The van der Waals surface area contributed by atoms with Gasteiger partial charge in [0.1, 0.15) is 11.6 Å². The molecule has 0 radical (unpaired) electrons. The molecular formula is C16H17ClFNO. The molecule has 1 atom stereocenters. The molecule has 0 aliphatic rings. The average molecular weight is 294 g/mol. The van der Waals surface area contributed by atoms with Gasteiger partial charge in [0.15, 0.2) is 0 Å². The lowest BCUT2D eigenvalue weighted by molar-refractivity contribution is 0.340. The number of rotatable bonds is 5. The van der Waals surface area contributed by atoms with Crippen molar-refractivity contribution in [2.24, 2.45) is 5.73 Å². The normalized spacial score (nSPS) is 12.2. The molecule has 2 rings (SSSR count). The third-order valence-electron chi connectivity index (χ3n) is 3.06. The monoisotopic (exact) mass is 293 g/mol. The van der Waals surface area contributed by atoms with Crippen LogP contribution in [0.4, 0.5) is 4.39 Å². The van der Waals surface area contributed by atoms with E-state index in [1.54, 1.807) is 12.1 Å². The molecule has 0 saturated carbocycles. The van der Waals surface area contributed by atoms with Crippen molar-refractivity contribution in [3.8, 4) is 5.75 Å². The molecule has 2 aromatic carbocycles. The van der Waals surface area contributed by atoms with Crippen molar-refractivity contribution < 1.29 is 9.13 Å². The Labute approximate surface area is 123 Å². The van der Waals surface area contributed by atoms with Gasteiger partial charge in [-0.05, 0) is 48.7 Å². The number of hydrogen-bond donors (Lipinski definition) is 1. The van der Waals surface area contributed by atoms with E-state index in [2.05, 4.69) is 0 Å². The maximum absolute atomic E-state index is 13.1. The minimum Gasteiger partial charge on any atom is -0.494 e. The standard InChI is InChI=1S/C16H17ClFNO/c1-2-20-13-6-4-12(5-7-13)16(19)10-11-3-8-15(18)14(17)9-11/h3-9,16H,2,10,19H2,1H3. The second kappa shape index (κ2) is 6.73. The van der Waals surface area contributed by atoms with Gasteiger partial charge in [0.2, 0.25) is 0 Å². The summed E-state index contributed by atoms with van der Waals surface area (Å²) in [5.74, 6) is 0.415. The van der Waals surface area contributed by atoms with Gasteiger partial charge in [-0.1, -0.05) is 29.8 Å². The third-order valence-corrected chi connectivity index (χ3v) is 3.35. The second-order valence-electron chi connectivity index (χ2n) is 4.56. The van der Waals surface area contributed by atoms with Crippen molar-refractivity contribution in [1.82, 2.24) is 0 Å². The highest BCUT2D eigenvalue weighted by Crippen LogP contribution is 2.22. The molecule has 0 fully saturated rings. The highest BCUT2D eigenvalue weighted by atomic mass is 35.5. The topological polar surface area (TPSA) is 35.2 Å². The van der Waals surface area contributed by atoms with E-state index in [-0.39, 0.29) is 11.1 Å². The summed E-state index contributed by atoms with van der Waals surface area (Å²) in [5.41, 5.74) is 8.08. The van der Waals surface area contributed by atoms with Crippen molar-refractivity contribution in [1.29, 1.82) is 0 Å². The minimum atomic E-state index is -0.412. The van der Waals surface area contributed by atoms with Gasteiger partial charge in [0.05, 0.1) is 11.6 Å². The lowest BCUT2D eigenvalue weighted by Crippen LogP contribution is -2.13. The van der Waals surface area contributed by atoms with E-state index in [1.165, 1.54) is 6.07 Å². The number of halogens is 2. The fourth-order valence-corrected chi connectivity index (χ4v) is 2.22. The van der Waals surface area contributed by atoms with Crippen LogP contribution in [0.15, 0.2) is 42.5 Å². The Balaban J connectivity index is 2.06. The van der Waals surface area contributed by atoms with Gasteiger partial charge in [-0.25, -0.2) is 4.39 Å². The SMILES string of the molecule is CCOc1ccc(C(N)Cc2ccc(F)c(Cl)c2)cc1. The predicted octanol–water partition coefficient (Wildman–Crippen LogP) is 4.12. The molecule has 0 spiro atoms. The summed E-state index contributed by atoms with van der Waals surface area (Å²) in [6.07, 6.45) is 0.605. The van der Waals surface area contributed by atoms with Crippen LogP contribution in [0.3, 0.4) is 0 Å². The number of benzene rings is 2. The van der Waals surface area contributed by atoms with E-state index in [1.807, 2.05) is 31.2 Å². The summed E-state index contributed by atoms with van der Waals surface area (Å²) in [6.45, 7) is 2.58. The maximum Gasteiger partial charge on any atom is 0.141 e. The Morgan fingerprint density at radius 1 is 1.20 bits per heavy atom. The summed E-state index contributed by atoms with van der Waals surface area (Å²) in [5, 5.41) is 0.126. The van der Waals surface area contributed by atoms with E-state index >= 15 is 0 Å². The van der Waals surface area contributed by atoms with Crippen LogP contribution in [0, 0.1) is 5.82 Å². The molecule has 2 N–H and O–H groups in total. The molecule has 0 aliphatic heterocycles. The van der Waals surface area contributed by atoms with Crippen LogP contribution in [-0.2, 0) is 6.42 Å². The molecule has 2 aromatic rings. The molecule has 0 saturated heterocycles. The van der Waals surface area contributed by atoms with Crippen molar-refractivity contribution in [2.45, 2.75) is 19.4 Å². The van der Waals surface area contributed by atoms with Crippen LogP contribution < -0.4 is 10.5 Å². The Bertz CT molecular complexity index is 571. The lowest BCUT2D eigenvalue weighted by atomic mass is 9.99. The highest BCUT2D eigenvalue weighted by molar-refractivity contribution is 6.30. The van der Waals surface area contributed by atoms with E-state index < -0.39 is 5.82 Å². The molecule has 4 heteroatoms. The molecule has 0 amide bonds. The van der Waals surface area contributed by atoms with Crippen molar-refractivity contribution in [3.63, 3.8) is 0 Å². The Morgan fingerprint density at radius 2 is 1.90 bits per heavy atom. The number of ether oxygens (including phenoxy) is 1. The fourth-order valence-electron chi connectivity index (χ4n) is 2.02. The molecule has 0 heterocycles. The van der Waals surface area contributed by atoms with Gasteiger partial charge in [0, 0.05) is 6.04 Å². The Morgan fingerprint density at radius 3 is 2.50 bits per heavy atom. The molecular weight excluding hydrogens is 277 g/mol. The molecule has 106 valence electrons. The first kappa shape index (κ1) is 14.8. The average Bonchev–Trinajstić information content (AvgIpc) is 2.44. The molecule has 1 unspecified atom stereocenters. The first-order valence-electron chi connectivity index (χ1n) is 6.52. The summed E-state index contributed by atoms with van der Waals surface area (Å²) >= 11 is 5.77. The van der Waals surface area contributed by atoms with Crippen molar-refractivity contribution in [3.05, 3.63) is 64.4 Å². The Kier molecular flexibility index (Phi) is 4.99. The van der Waals surface area contributed by atoms with Gasteiger partial charge in [-0.2, -0.15) is 0 Å². The largest absolute Gasteiger partial charge is 0.494 e. The summed E-state index contributed by atoms with van der Waals surface area (Å²) in [7, 11) is 0. The first-order chi connectivity index (χ1) is 9.60. The summed E-state index contributed by atoms with van der Waals surface area (Å²) in [4.78, 5) is 0. The van der Waals surface area contributed by atoms with Crippen LogP contribution in [0.5, 0.6) is 5.75 Å². The van der Waals surface area contributed by atoms with Crippen LogP contribution in [0.1, 0.15) is 24.1 Å². The van der Waals surface area contributed by atoms with Crippen molar-refractivity contribution >= 4 is 11.6 Å². The third kappa shape index (κ3) is 3.71. The predicted molar refractivity (Wildman–Crippen MR) is 79.7 cm³/mol. The van der Waals surface area contributed by atoms with Gasteiger partial charge in [-0.3, -0.25) is 0 Å². The van der Waals surface area contributed by atoms with Crippen LogP contribution in [0.2, 0.25) is 5.02 Å². The summed E-state index contributed by atoms with van der Waals surface area (Å²) in [6, 6.07) is 12.2. The maximum atomic E-state index is 13.1. The first-order valence-corrected chi connectivity index (χ1v) is 6.90.